The SMILES string of the molecule is CC/C=C\C/C=C\C/C=C\C/C=C\CCCCC(=O)OC[C@H](COC(=O)CCCCCCCCCCCCCCCCCCCC)OC(=O)CCC/C=C\C/C=C\C/C=C\C/C=C\CCCCC. The molecule has 0 aliphatic heterocycles. The molecule has 0 aromatic carbocycles. The lowest BCUT2D eigenvalue weighted by Gasteiger charge is -2.18. The number of unbranched alkanes of at least 4 members (excludes halogenated alkanes) is 23. The average Bonchev–Trinajstić information content (AvgIpc) is 3.34. The van der Waals surface area contributed by atoms with Crippen LogP contribution in [-0.4, -0.2) is 37.2 Å². The van der Waals surface area contributed by atoms with Crippen molar-refractivity contribution in [2.45, 2.75) is 264 Å². The smallest absolute Gasteiger partial charge is 0.306 e. The van der Waals surface area contributed by atoms with Gasteiger partial charge in [-0.25, -0.2) is 0 Å². The van der Waals surface area contributed by atoms with Crippen molar-refractivity contribution in [3.05, 3.63) is 97.2 Å². The van der Waals surface area contributed by atoms with E-state index < -0.39 is 6.10 Å². The number of hydrogen-bond donors (Lipinski definition) is 0. The van der Waals surface area contributed by atoms with E-state index in [2.05, 4.69) is 118 Å². The van der Waals surface area contributed by atoms with Crippen molar-refractivity contribution < 1.29 is 28.6 Å². The van der Waals surface area contributed by atoms with Crippen LogP contribution in [0.5, 0.6) is 0 Å². The fourth-order valence-corrected chi connectivity index (χ4v) is 7.60. The molecule has 6 heteroatoms. The first-order valence-electron chi connectivity index (χ1n) is 28.2. The molecule has 0 aliphatic rings. The fourth-order valence-electron chi connectivity index (χ4n) is 7.60. The Bertz CT molecular complexity index is 1360. The van der Waals surface area contributed by atoms with Gasteiger partial charge in [0.25, 0.3) is 0 Å². The monoisotopic (exact) mass is 945 g/mol. The Labute approximate surface area is 419 Å². The van der Waals surface area contributed by atoms with Gasteiger partial charge >= 0.3 is 17.9 Å². The molecule has 68 heavy (non-hydrogen) atoms. The quantitative estimate of drug-likeness (QED) is 0.0262. The molecular formula is C62H104O6. The molecule has 0 fully saturated rings. The van der Waals surface area contributed by atoms with Gasteiger partial charge in [0.05, 0.1) is 0 Å². The average molecular weight is 946 g/mol. The van der Waals surface area contributed by atoms with Gasteiger partial charge in [0, 0.05) is 19.3 Å². The Balaban J connectivity index is 4.51. The van der Waals surface area contributed by atoms with Crippen LogP contribution in [0.2, 0.25) is 0 Å². The van der Waals surface area contributed by atoms with Gasteiger partial charge in [0.2, 0.25) is 0 Å². The summed E-state index contributed by atoms with van der Waals surface area (Å²) in [5.41, 5.74) is 0. The number of rotatable bonds is 50. The number of ether oxygens (including phenoxy) is 3. The lowest BCUT2D eigenvalue weighted by molar-refractivity contribution is -0.167. The molecule has 0 heterocycles. The molecule has 0 aromatic heterocycles. The topological polar surface area (TPSA) is 78.9 Å². The fraction of sp³-hybridized carbons (Fsp3) is 0.694. The van der Waals surface area contributed by atoms with E-state index in [1.54, 1.807) is 0 Å². The van der Waals surface area contributed by atoms with Gasteiger partial charge in [-0.05, 0) is 96.3 Å². The van der Waals surface area contributed by atoms with Gasteiger partial charge < -0.3 is 14.2 Å². The number of hydrogen-bond acceptors (Lipinski definition) is 6. The van der Waals surface area contributed by atoms with Crippen molar-refractivity contribution in [3.8, 4) is 0 Å². The maximum absolute atomic E-state index is 12.8. The minimum atomic E-state index is -0.823. The summed E-state index contributed by atoms with van der Waals surface area (Å²) in [5.74, 6) is -1.01. The van der Waals surface area contributed by atoms with Crippen LogP contribution in [0, 0.1) is 0 Å². The first-order chi connectivity index (χ1) is 33.5. The molecule has 0 amide bonds. The minimum Gasteiger partial charge on any atom is -0.462 e. The molecule has 0 unspecified atom stereocenters. The Morgan fingerprint density at radius 2 is 0.588 bits per heavy atom. The Kier molecular flexibility index (Phi) is 52.9. The second-order valence-electron chi connectivity index (χ2n) is 18.5. The van der Waals surface area contributed by atoms with Crippen molar-refractivity contribution >= 4 is 17.9 Å². The van der Waals surface area contributed by atoms with Crippen molar-refractivity contribution in [3.63, 3.8) is 0 Å². The molecule has 1 atom stereocenters. The molecule has 0 radical (unpaired) electrons. The number of carbonyl (C=O) groups is 3. The van der Waals surface area contributed by atoms with E-state index in [9.17, 15) is 14.4 Å². The van der Waals surface area contributed by atoms with Gasteiger partial charge in [-0.2, -0.15) is 0 Å². The highest BCUT2D eigenvalue weighted by atomic mass is 16.6. The summed E-state index contributed by atoms with van der Waals surface area (Å²) in [4.78, 5) is 38.1. The maximum Gasteiger partial charge on any atom is 0.306 e. The van der Waals surface area contributed by atoms with Gasteiger partial charge in [-0.1, -0.05) is 240 Å². The molecule has 0 saturated heterocycles. The third-order valence-corrected chi connectivity index (χ3v) is 11.8. The van der Waals surface area contributed by atoms with Crippen LogP contribution in [0.25, 0.3) is 0 Å². The van der Waals surface area contributed by atoms with E-state index in [-0.39, 0.29) is 37.5 Å². The molecule has 6 nitrogen and oxygen atoms in total. The van der Waals surface area contributed by atoms with E-state index in [4.69, 9.17) is 14.2 Å². The lowest BCUT2D eigenvalue weighted by Crippen LogP contribution is -2.30. The van der Waals surface area contributed by atoms with Gasteiger partial charge in [0.1, 0.15) is 13.2 Å². The lowest BCUT2D eigenvalue weighted by atomic mass is 10.0. The first kappa shape index (κ1) is 64.3. The minimum absolute atomic E-state index is 0.111. The predicted octanol–water partition coefficient (Wildman–Crippen LogP) is 18.9. The molecule has 0 bridgehead atoms. The number of carbonyl (C=O) groups excluding carboxylic acids is 3. The number of esters is 3. The molecule has 388 valence electrons. The van der Waals surface area contributed by atoms with Crippen molar-refractivity contribution in [1.29, 1.82) is 0 Å². The second kappa shape index (κ2) is 55.9. The van der Waals surface area contributed by atoms with E-state index in [1.165, 1.54) is 122 Å². The summed E-state index contributed by atoms with van der Waals surface area (Å²) in [6, 6.07) is 0. The van der Waals surface area contributed by atoms with Crippen LogP contribution in [0.1, 0.15) is 258 Å². The van der Waals surface area contributed by atoms with Gasteiger partial charge in [-0.3, -0.25) is 14.4 Å². The zero-order valence-electron chi connectivity index (χ0n) is 44.3. The molecule has 0 aliphatic carbocycles. The largest absolute Gasteiger partial charge is 0.462 e. The highest BCUT2D eigenvalue weighted by Gasteiger charge is 2.19. The van der Waals surface area contributed by atoms with Gasteiger partial charge in [0.15, 0.2) is 6.10 Å². The molecule has 0 saturated carbocycles. The second-order valence-corrected chi connectivity index (χ2v) is 18.5. The maximum atomic E-state index is 12.8. The summed E-state index contributed by atoms with van der Waals surface area (Å²) in [5, 5.41) is 0. The van der Waals surface area contributed by atoms with Gasteiger partial charge in [-0.15, -0.1) is 0 Å². The summed E-state index contributed by atoms with van der Waals surface area (Å²) >= 11 is 0. The summed E-state index contributed by atoms with van der Waals surface area (Å²) in [6.07, 6.45) is 74.1. The van der Waals surface area contributed by atoms with E-state index in [0.29, 0.717) is 25.7 Å². The van der Waals surface area contributed by atoms with E-state index in [1.807, 2.05) is 0 Å². The summed E-state index contributed by atoms with van der Waals surface area (Å²) in [6.45, 7) is 6.43. The Morgan fingerprint density at radius 3 is 0.971 bits per heavy atom. The highest BCUT2D eigenvalue weighted by molar-refractivity contribution is 5.71. The summed E-state index contributed by atoms with van der Waals surface area (Å²) in [7, 11) is 0. The van der Waals surface area contributed by atoms with Crippen molar-refractivity contribution in [2.24, 2.45) is 0 Å². The standard InChI is InChI=1S/C62H104O6/c1-4-7-10-13-16-19-22-25-28-30-32-34-37-40-43-46-49-52-55-61(64)67-58-59(57-66-60(63)54-51-48-45-42-39-36-33-27-24-21-18-15-12-9-6-3)68-62(65)56-53-50-47-44-41-38-35-31-29-26-23-20-17-14-11-8-5-2/h9,12,17-18,20-21,26-27,29,33,35,38-39,42,44,47,59H,4-8,10-11,13-16,19,22-25,28,30-32,34,36-37,40-41,43,45-46,48-58H2,1-3H3/b12-9-,20-17-,21-18-,29-26-,33-27-,38-35-,42-39-,47-44-/t59-/m1/s1. The Hall–Kier alpha value is -3.67. The molecule has 0 aromatic rings. The van der Waals surface area contributed by atoms with Crippen LogP contribution >= 0.6 is 0 Å². The zero-order chi connectivity index (χ0) is 49.3. The van der Waals surface area contributed by atoms with E-state index >= 15 is 0 Å². The van der Waals surface area contributed by atoms with Crippen molar-refractivity contribution in [2.75, 3.05) is 13.2 Å². The van der Waals surface area contributed by atoms with E-state index in [0.717, 1.165) is 83.5 Å². The normalized spacial score (nSPS) is 12.8. The van der Waals surface area contributed by atoms with Crippen LogP contribution < -0.4 is 0 Å². The number of allylic oxidation sites excluding steroid dienone is 16. The molecule has 0 N–H and O–H groups in total. The predicted molar refractivity (Wildman–Crippen MR) is 293 cm³/mol. The molecule has 0 spiro atoms. The third kappa shape index (κ3) is 53.3. The Morgan fingerprint density at radius 1 is 0.309 bits per heavy atom. The highest BCUT2D eigenvalue weighted by Crippen LogP contribution is 2.15. The molecule has 0 rings (SSSR count). The van der Waals surface area contributed by atoms with Crippen LogP contribution in [0.4, 0.5) is 0 Å². The van der Waals surface area contributed by atoms with Crippen molar-refractivity contribution in [1.82, 2.24) is 0 Å². The zero-order valence-corrected chi connectivity index (χ0v) is 44.3. The van der Waals surface area contributed by atoms with Crippen LogP contribution in [0.15, 0.2) is 97.2 Å². The van der Waals surface area contributed by atoms with Crippen LogP contribution in [-0.2, 0) is 28.6 Å². The van der Waals surface area contributed by atoms with Crippen LogP contribution in [0.3, 0.4) is 0 Å². The third-order valence-electron chi connectivity index (χ3n) is 11.8. The summed E-state index contributed by atoms with van der Waals surface area (Å²) < 4.78 is 16.8. The molecular weight excluding hydrogens is 841 g/mol. The first-order valence-corrected chi connectivity index (χ1v) is 28.2.